The second-order valence-electron chi connectivity index (χ2n) is 6.88. The minimum Gasteiger partial charge on any atom is -0.375 e. The lowest BCUT2D eigenvalue weighted by molar-refractivity contribution is -0.122. The fourth-order valence-corrected chi connectivity index (χ4v) is 4.70. The number of sulfonamides is 1. The predicted octanol–water partition coefficient (Wildman–Crippen LogP) is 2.95. The monoisotopic (exact) mass is 388 g/mol. The summed E-state index contributed by atoms with van der Waals surface area (Å²) in [5, 5.41) is 0. The van der Waals surface area contributed by atoms with Gasteiger partial charge in [0.25, 0.3) is 15.9 Å². The first-order valence-corrected chi connectivity index (χ1v) is 10.2. The van der Waals surface area contributed by atoms with Crippen molar-refractivity contribution in [2.75, 3.05) is 29.9 Å². The molecule has 1 aliphatic heterocycles. The van der Waals surface area contributed by atoms with Crippen LogP contribution in [0, 0.1) is 20.8 Å². The van der Waals surface area contributed by atoms with Gasteiger partial charge in [-0.25, -0.2) is 8.42 Å². The quantitative estimate of drug-likeness (QED) is 0.854. The minimum atomic E-state index is -3.73. The molecule has 1 heterocycles. The summed E-state index contributed by atoms with van der Waals surface area (Å²) in [5.74, 6) is -0.138. The van der Waals surface area contributed by atoms with E-state index in [-0.39, 0.29) is 17.4 Å². The molecule has 0 aromatic heterocycles. The number of nitrogens with zero attached hydrogens (tertiary/aromatic N) is 1. The van der Waals surface area contributed by atoms with E-state index >= 15 is 0 Å². The second-order valence-corrected chi connectivity index (χ2v) is 8.53. The van der Waals surface area contributed by atoms with Gasteiger partial charge in [-0.15, -0.1) is 0 Å². The first kappa shape index (κ1) is 19.4. The van der Waals surface area contributed by atoms with Gasteiger partial charge in [0.1, 0.15) is 6.61 Å². The third-order valence-electron chi connectivity index (χ3n) is 4.88. The first-order valence-electron chi connectivity index (χ1n) is 8.76. The normalized spacial score (nSPS) is 13.6. The van der Waals surface area contributed by atoms with Crippen molar-refractivity contribution in [3.63, 3.8) is 0 Å². The molecule has 27 heavy (non-hydrogen) atoms. The number of anilines is 2. The molecule has 0 saturated carbocycles. The van der Waals surface area contributed by atoms with Gasteiger partial charge in [0.2, 0.25) is 0 Å². The third kappa shape index (κ3) is 3.84. The number of aryl methyl sites for hydroxylation is 3. The Balaban J connectivity index is 1.92. The van der Waals surface area contributed by atoms with E-state index in [9.17, 15) is 13.2 Å². The Morgan fingerprint density at radius 1 is 1.11 bits per heavy atom. The van der Waals surface area contributed by atoms with Crippen molar-refractivity contribution in [1.29, 1.82) is 0 Å². The molecule has 0 fully saturated rings. The maximum atomic E-state index is 12.9. The highest BCUT2D eigenvalue weighted by molar-refractivity contribution is 7.92. The van der Waals surface area contributed by atoms with E-state index in [1.807, 2.05) is 26.0 Å². The number of carbonyl (C=O) groups is 1. The van der Waals surface area contributed by atoms with Gasteiger partial charge in [-0.2, -0.15) is 0 Å². The van der Waals surface area contributed by atoms with E-state index in [4.69, 9.17) is 4.74 Å². The number of benzene rings is 2. The molecule has 1 amide bonds. The standard InChI is InChI=1S/C20H24N2O4S/c1-13-9-15(3)19(10-14(13)2)27(24,25)21-17-6-5-16-7-8-22(18(16)11-17)20(23)12-26-4/h5-6,9-11,21H,7-8,12H2,1-4H3. The lowest BCUT2D eigenvalue weighted by atomic mass is 10.1. The molecule has 7 heteroatoms. The SMILES string of the molecule is COCC(=O)N1CCc2ccc(NS(=O)(=O)c3cc(C)c(C)cc3C)cc21. The van der Waals surface area contributed by atoms with Crippen LogP contribution in [0.15, 0.2) is 35.2 Å². The van der Waals surface area contributed by atoms with Gasteiger partial charge in [-0.3, -0.25) is 9.52 Å². The van der Waals surface area contributed by atoms with Gasteiger partial charge in [0, 0.05) is 19.3 Å². The average molecular weight is 388 g/mol. The largest absolute Gasteiger partial charge is 0.375 e. The van der Waals surface area contributed by atoms with Crippen LogP contribution in [-0.4, -0.2) is 34.6 Å². The molecule has 0 unspecified atom stereocenters. The summed E-state index contributed by atoms with van der Waals surface area (Å²) < 4.78 is 33.4. The van der Waals surface area contributed by atoms with Crippen LogP contribution in [0.25, 0.3) is 0 Å². The van der Waals surface area contributed by atoms with Crippen molar-refractivity contribution < 1.29 is 17.9 Å². The number of ether oxygens (including phenoxy) is 1. The molecular weight excluding hydrogens is 364 g/mol. The number of amides is 1. The van der Waals surface area contributed by atoms with Crippen molar-refractivity contribution >= 4 is 27.3 Å². The highest BCUT2D eigenvalue weighted by atomic mass is 32.2. The molecular formula is C20H24N2O4S. The second kappa shape index (κ2) is 7.32. The molecule has 0 bridgehead atoms. The number of carbonyl (C=O) groups excluding carboxylic acids is 1. The number of rotatable bonds is 5. The maximum Gasteiger partial charge on any atom is 0.262 e. The summed E-state index contributed by atoms with van der Waals surface area (Å²) in [5.41, 5.74) is 4.86. The smallest absolute Gasteiger partial charge is 0.262 e. The van der Waals surface area contributed by atoms with Crippen LogP contribution in [0.1, 0.15) is 22.3 Å². The average Bonchev–Trinajstić information content (AvgIpc) is 3.01. The number of methoxy groups -OCH3 is 1. The molecule has 6 nitrogen and oxygen atoms in total. The van der Waals surface area contributed by atoms with Gasteiger partial charge in [0.15, 0.2) is 0 Å². The van der Waals surface area contributed by atoms with Gasteiger partial charge < -0.3 is 9.64 Å². The molecule has 3 rings (SSSR count). The zero-order valence-corrected chi connectivity index (χ0v) is 16.8. The Morgan fingerprint density at radius 3 is 2.52 bits per heavy atom. The lowest BCUT2D eigenvalue weighted by Gasteiger charge is -2.18. The fourth-order valence-electron chi connectivity index (χ4n) is 3.34. The summed E-state index contributed by atoms with van der Waals surface area (Å²) in [6.07, 6.45) is 0.744. The molecule has 144 valence electrons. The minimum absolute atomic E-state index is 0.00275. The van der Waals surface area contributed by atoms with Crippen LogP contribution in [-0.2, 0) is 26.0 Å². The Hall–Kier alpha value is -2.38. The van der Waals surface area contributed by atoms with Crippen LogP contribution < -0.4 is 9.62 Å². The zero-order chi connectivity index (χ0) is 19.8. The third-order valence-corrected chi connectivity index (χ3v) is 6.41. The number of hydrogen-bond acceptors (Lipinski definition) is 4. The molecule has 1 N–H and O–H groups in total. The van der Waals surface area contributed by atoms with E-state index in [0.717, 1.165) is 28.8 Å². The zero-order valence-electron chi connectivity index (χ0n) is 16.0. The van der Waals surface area contributed by atoms with Crippen LogP contribution in [0.2, 0.25) is 0 Å². The summed E-state index contributed by atoms with van der Waals surface area (Å²) in [6.45, 7) is 6.21. The highest BCUT2D eigenvalue weighted by Crippen LogP contribution is 2.32. The molecule has 0 spiro atoms. The molecule has 0 atom stereocenters. The van der Waals surface area contributed by atoms with Crippen LogP contribution in [0.5, 0.6) is 0 Å². The Bertz CT molecular complexity index is 999. The van der Waals surface area contributed by atoms with Gasteiger partial charge in [-0.1, -0.05) is 12.1 Å². The van der Waals surface area contributed by atoms with Gasteiger partial charge >= 0.3 is 0 Å². The predicted molar refractivity (Wildman–Crippen MR) is 106 cm³/mol. The summed E-state index contributed by atoms with van der Waals surface area (Å²) in [7, 11) is -2.25. The van der Waals surface area contributed by atoms with Crippen molar-refractivity contribution in [3.05, 3.63) is 52.6 Å². The van der Waals surface area contributed by atoms with Gasteiger partial charge in [0.05, 0.1) is 10.6 Å². The molecule has 0 radical (unpaired) electrons. The Labute approximate surface area is 160 Å². The maximum absolute atomic E-state index is 12.9. The van der Waals surface area contributed by atoms with Crippen molar-refractivity contribution in [3.8, 4) is 0 Å². The summed E-state index contributed by atoms with van der Waals surface area (Å²) in [6, 6.07) is 8.87. The number of hydrogen-bond donors (Lipinski definition) is 1. The molecule has 0 saturated heterocycles. The van der Waals surface area contributed by atoms with E-state index < -0.39 is 10.0 Å². The van der Waals surface area contributed by atoms with Crippen molar-refractivity contribution in [2.45, 2.75) is 32.1 Å². The highest BCUT2D eigenvalue weighted by Gasteiger charge is 2.26. The lowest BCUT2D eigenvalue weighted by Crippen LogP contribution is -2.32. The number of fused-ring (bicyclic) bond motifs is 1. The van der Waals surface area contributed by atoms with E-state index in [1.165, 1.54) is 7.11 Å². The van der Waals surface area contributed by atoms with E-state index in [0.29, 0.717) is 17.8 Å². The fraction of sp³-hybridized carbons (Fsp3) is 0.350. The molecule has 2 aromatic carbocycles. The van der Waals surface area contributed by atoms with Crippen LogP contribution in [0.4, 0.5) is 11.4 Å². The molecule has 2 aromatic rings. The molecule has 0 aliphatic carbocycles. The van der Waals surface area contributed by atoms with Crippen LogP contribution in [0.3, 0.4) is 0 Å². The summed E-state index contributed by atoms with van der Waals surface area (Å²) >= 11 is 0. The topological polar surface area (TPSA) is 75.7 Å². The van der Waals surface area contributed by atoms with Crippen molar-refractivity contribution in [1.82, 2.24) is 0 Å². The Kier molecular flexibility index (Phi) is 5.26. The van der Waals surface area contributed by atoms with E-state index in [1.54, 1.807) is 30.0 Å². The van der Waals surface area contributed by atoms with E-state index in [2.05, 4.69) is 4.72 Å². The molecule has 1 aliphatic rings. The Morgan fingerprint density at radius 2 is 1.81 bits per heavy atom. The van der Waals surface area contributed by atoms with Crippen molar-refractivity contribution in [2.24, 2.45) is 0 Å². The first-order chi connectivity index (χ1) is 12.7. The van der Waals surface area contributed by atoms with Gasteiger partial charge in [-0.05, 0) is 67.6 Å². The van der Waals surface area contributed by atoms with Crippen LogP contribution >= 0.6 is 0 Å². The number of nitrogens with one attached hydrogen (secondary N) is 1. The summed E-state index contributed by atoms with van der Waals surface area (Å²) in [4.78, 5) is 14.1.